The zero-order chi connectivity index (χ0) is 21.8. The summed E-state index contributed by atoms with van der Waals surface area (Å²) in [5.41, 5.74) is 1.31. The van der Waals surface area contributed by atoms with Gasteiger partial charge in [0.1, 0.15) is 4.88 Å². The van der Waals surface area contributed by atoms with Crippen molar-refractivity contribution in [3.63, 3.8) is 0 Å². The van der Waals surface area contributed by atoms with Gasteiger partial charge in [-0.1, -0.05) is 36.8 Å². The molecule has 0 spiro atoms. The van der Waals surface area contributed by atoms with Crippen LogP contribution in [0.2, 0.25) is 0 Å². The van der Waals surface area contributed by atoms with Gasteiger partial charge in [-0.2, -0.15) is 0 Å². The van der Waals surface area contributed by atoms with Crippen LogP contribution in [-0.2, 0) is 19.1 Å². The monoisotopic (exact) mass is 441 g/mol. The first-order valence-corrected chi connectivity index (χ1v) is 11.7. The zero-order valence-corrected chi connectivity index (χ0v) is 18.4. The zero-order valence-electron chi connectivity index (χ0n) is 17.6. The molecule has 6 nitrogen and oxygen atoms in total. The summed E-state index contributed by atoms with van der Waals surface area (Å²) >= 11 is 1.26. The van der Waals surface area contributed by atoms with Crippen LogP contribution >= 0.6 is 11.3 Å². The Hall–Kier alpha value is -2.67. The second-order valence-corrected chi connectivity index (χ2v) is 9.34. The fourth-order valence-electron chi connectivity index (χ4n) is 4.81. The first-order valence-electron chi connectivity index (χ1n) is 10.8. The number of amides is 1. The van der Waals surface area contributed by atoms with Crippen molar-refractivity contribution in [1.29, 1.82) is 0 Å². The fraction of sp³-hybridized carbons (Fsp3) is 0.458. The summed E-state index contributed by atoms with van der Waals surface area (Å²) in [5, 5.41) is 2.71. The van der Waals surface area contributed by atoms with Gasteiger partial charge in [0.15, 0.2) is 6.61 Å². The van der Waals surface area contributed by atoms with Crippen molar-refractivity contribution < 1.29 is 23.9 Å². The van der Waals surface area contributed by atoms with Crippen molar-refractivity contribution in [2.45, 2.75) is 39.0 Å². The van der Waals surface area contributed by atoms with Gasteiger partial charge in [0.2, 0.25) is 0 Å². The van der Waals surface area contributed by atoms with Gasteiger partial charge in [-0.15, -0.1) is 11.3 Å². The van der Waals surface area contributed by atoms with E-state index in [1.54, 1.807) is 13.0 Å². The predicted octanol–water partition coefficient (Wildman–Crippen LogP) is 4.90. The van der Waals surface area contributed by atoms with Crippen LogP contribution in [-0.4, -0.2) is 31.1 Å². The Morgan fingerprint density at radius 3 is 2.58 bits per heavy atom. The second kappa shape index (κ2) is 9.64. The van der Waals surface area contributed by atoms with Crippen LogP contribution in [0.4, 0.5) is 5.69 Å². The van der Waals surface area contributed by atoms with Crippen LogP contribution in [0.15, 0.2) is 36.4 Å². The molecule has 2 bridgehead atoms. The molecule has 1 aromatic heterocycles. The summed E-state index contributed by atoms with van der Waals surface area (Å²) in [7, 11) is 0. The fourth-order valence-corrected chi connectivity index (χ4v) is 5.82. The third-order valence-electron chi connectivity index (χ3n) is 6.20. The maximum Gasteiger partial charge on any atom is 0.350 e. The molecule has 7 heteroatoms. The molecular formula is C24H27NO5S. The Bertz CT molecular complexity index is 954. The summed E-state index contributed by atoms with van der Waals surface area (Å²) in [6.45, 7) is 1.61. The number of benzene rings is 1. The van der Waals surface area contributed by atoms with Gasteiger partial charge in [0.25, 0.3) is 5.91 Å². The topological polar surface area (TPSA) is 81.7 Å². The molecule has 2 aliphatic carbocycles. The van der Waals surface area contributed by atoms with Gasteiger partial charge >= 0.3 is 11.9 Å². The Labute approximate surface area is 185 Å². The number of fused-ring (bicyclic) bond motifs is 2. The predicted molar refractivity (Wildman–Crippen MR) is 119 cm³/mol. The van der Waals surface area contributed by atoms with Crippen LogP contribution < -0.4 is 5.32 Å². The largest absolute Gasteiger partial charge is 0.462 e. The van der Waals surface area contributed by atoms with Crippen molar-refractivity contribution >= 4 is 34.9 Å². The van der Waals surface area contributed by atoms with E-state index in [1.807, 2.05) is 30.3 Å². The van der Waals surface area contributed by atoms with Crippen molar-refractivity contribution in [1.82, 2.24) is 0 Å². The summed E-state index contributed by atoms with van der Waals surface area (Å²) < 4.78 is 10.4. The molecule has 0 saturated heterocycles. The van der Waals surface area contributed by atoms with Gasteiger partial charge in [-0.25, -0.2) is 4.79 Å². The van der Waals surface area contributed by atoms with Crippen molar-refractivity contribution in [2.75, 3.05) is 18.5 Å². The van der Waals surface area contributed by atoms with Crippen LogP contribution in [0, 0.1) is 17.8 Å². The highest BCUT2D eigenvalue weighted by Crippen LogP contribution is 2.49. The van der Waals surface area contributed by atoms with E-state index in [9.17, 15) is 14.4 Å². The Morgan fingerprint density at radius 1 is 1.10 bits per heavy atom. The highest BCUT2D eigenvalue weighted by Gasteiger charge is 2.40. The molecule has 0 aliphatic heterocycles. The molecular weight excluding hydrogens is 414 g/mol. The molecule has 0 unspecified atom stereocenters. The maximum atomic E-state index is 12.4. The summed E-state index contributed by atoms with van der Waals surface area (Å²) in [5.74, 6) is 0.525. The number of carbonyl (C=O) groups excluding carboxylic acids is 3. The van der Waals surface area contributed by atoms with E-state index >= 15 is 0 Å². The Kier molecular flexibility index (Phi) is 6.70. The van der Waals surface area contributed by atoms with E-state index in [0.29, 0.717) is 28.8 Å². The number of anilines is 1. The van der Waals surface area contributed by atoms with Crippen molar-refractivity contribution in [2.24, 2.45) is 17.8 Å². The summed E-state index contributed by atoms with van der Waals surface area (Å²) in [6, 6.07) is 11.4. The molecule has 0 radical (unpaired) electrons. The van der Waals surface area contributed by atoms with E-state index in [0.717, 1.165) is 22.8 Å². The van der Waals surface area contributed by atoms with Gasteiger partial charge in [0, 0.05) is 11.3 Å². The van der Waals surface area contributed by atoms with E-state index in [4.69, 9.17) is 9.47 Å². The molecule has 3 atom stereocenters. The van der Waals surface area contributed by atoms with E-state index in [-0.39, 0.29) is 19.2 Å². The lowest BCUT2D eigenvalue weighted by Crippen LogP contribution is -2.23. The molecule has 1 aromatic carbocycles. The van der Waals surface area contributed by atoms with Crippen LogP contribution in [0.25, 0.3) is 10.4 Å². The minimum absolute atomic E-state index is 0.241. The van der Waals surface area contributed by atoms with Crippen LogP contribution in [0.1, 0.15) is 48.7 Å². The van der Waals surface area contributed by atoms with Gasteiger partial charge in [0.05, 0.1) is 12.3 Å². The number of ether oxygens (including phenoxy) is 2. The standard InChI is InChI=1S/C24H27NO5S/c1-2-29-24(28)23-19(13-20(31-23)16-6-4-3-5-7-16)25-21(26)14-30-22(27)12-18-11-15-8-9-17(18)10-15/h3-7,13,15,17-18H,2,8-12,14H2,1H3,(H,25,26)/t15-,17-,18+/m1/s1. The van der Waals surface area contributed by atoms with Crippen molar-refractivity contribution in [3.8, 4) is 10.4 Å². The van der Waals surface area contributed by atoms with Crippen molar-refractivity contribution in [3.05, 3.63) is 41.3 Å². The first kappa shape index (κ1) is 21.6. The molecule has 1 N–H and O–H groups in total. The lowest BCUT2D eigenvalue weighted by Gasteiger charge is -2.20. The first-order chi connectivity index (χ1) is 15.0. The third-order valence-corrected chi connectivity index (χ3v) is 7.37. The molecule has 2 saturated carbocycles. The SMILES string of the molecule is CCOC(=O)c1sc(-c2ccccc2)cc1NC(=O)COC(=O)C[C@@H]1C[C@@H]2CC[C@@H]1C2. The summed E-state index contributed by atoms with van der Waals surface area (Å²) in [6.07, 6.45) is 5.22. The molecule has 2 fully saturated rings. The molecule has 1 amide bonds. The quantitative estimate of drug-likeness (QED) is 0.589. The molecule has 164 valence electrons. The highest BCUT2D eigenvalue weighted by molar-refractivity contribution is 7.18. The van der Waals surface area contributed by atoms with Crippen LogP contribution in [0.5, 0.6) is 0 Å². The summed E-state index contributed by atoms with van der Waals surface area (Å²) in [4.78, 5) is 38.2. The number of esters is 2. The number of thiophene rings is 1. The lowest BCUT2D eigenvalue weighted by atomic mass is 9.86. The molecule has 2 aromatic rings. The molecule has 31 heavy (non-hydrogen) atoms. The third kappa shape index (κ3) is 5.15. The van der Waals surface area contributed by atoms with Gasteiger partial charge in [-0.3, -0.25) is 9.59 Å². The normalized spacial score (nSPS) is 21.6. The maximum absolute atomic E-state index is 12.4. The number of carbonyl (C=O) groups is 3. The van der Waals surface area contributed by atoms with Gasteiger partial charge in [-0.05, 0) is 55.6 Å². The average molecular weight is 442 g/mol. The van der Waals surface area contributed by atoms with Crippen LogP contribution in [0.3, 0.4) is 0 Å². The van der Waals surface area contributed by atoms with E-state index in [1.165, 1.54) is 30.6 Å². The number of hydrogen-bond acceptors (Lipinski definition) is 6. The number of hydrogen-bond donors (Lipinski definition) is 1. The minimum Gasteiger partial charge on any atom is -0.462 e. The molecule has 2 aliphatic rings. The van der Waals surface area contributed by atoms with Gasteiger partial charge < -0.3 is 14.8 Å². The second-order valence-electron chi connectivity index (χ2n) is 8.29. The number of nitrogens with one attached hydrogen (secondary N) is 1. The number of rotatable bonds is 8. The van der Waals surface area contributed by atoms with E-state index < -0.39 is 11.9 Å². The smallest absolute Gasteiger partial charge is 0.350 e. The Morgan fingerprint density at radius 2 is 1.90 bits per heavy atom. The minimum atomic E-state index is -0.488. The highest BCUT2D eigenvalue weighted by atomic mass is 32.1. The Balaban J connectivity index is 1.36. The molecule has 1 heterocycles. The van der Waals surface area contributed by atoms with E-state index in [2.05, 4.69) is 5.32 Å². The molecule has 4 rings (SSSR count). The average Bonchev–Trinajstić information content (AvgIpc) is 3.49. The lowest BCUT2D eigenvalue weighted by molar-refractivity contribution is -0.148.